The van der Waals surface area contributed by atoms with Crippen LogP contribution >= 0.6 is 11.6 Å². The Morgan fingerprint density at radius 3 is 2.40 bits per heavy atom. The van der Waals surface area contributed by atoms with Gasteiger partial charge in [0.05, 0.1) is 5.02 Å². The lowest BCUT2D eigenvalue weighted by Gasteiger charge is -2.24. The van der Waals surface area contributed by atoms with E-state index in [1.54, 1.807) is 17.0 Å². The van der Waals surface area contributed by atoms with Crippen LogP contribution in [0.3, 0.4) is 0 Å². The van der Waals surface area contributed by atoms with Crippen molar-refractivity contribution < 1.29 is 13.2 Å². The number of benzene rings is 2. The minimum Gasteiger partial charge on any atom is -0.311 e. The summed E-state index contributed by atoms with van der Waals surface area (Å²) in [4.78, 5) is 13.6. The zero-order valence-electron chi connectivity index (χ0n) is 14.2. The number of amides is 1. The van der Waals surface area contributed by atoms with E-state index in [9.17, 15) is 13.2 Å². The highest BCUT2D eigenvalue weighted by Crippen LogP contribution is 2.22. The lowest BCUT2D eigenvalue weighted by Crippen LogP contribution is -2.38. The van der Waals surface area contributed by atoms with E-state index in [0.717, 1.165) is 17.7 Å². The van der Waals surface area contributed by atoms with E-state index in [1.807, 2.05) is 31.2 Å². The minimum atomic E-state index is -3.73. The van der Waals surface area contributed by atoms with Crippen LogP contribution in [0.1, 0.15) is 19.4 Å². The second-order valence-electron chi connectivity index (χ2n) is 5.48. The Hall–Kier alpha value is -1.89. The SMILES string of the molecule is CCc1ccccc1N(CCNS(=O)(=O)c1ccccc1Cl)C(C)=O. The van der Waals surface area contributed by atoms with Crippen molar-refractivity contribution >= 4 is 33.2 Å². The number of hydrogen-bond donors (Lipinski definition) is 1. The Morgan fingerprint density at radius 2 is 1.76 bits per heavy atom. The number of anilines is 1. The minimum absolute atomic E-state index is 0.0278. The molecule has 0 fully saturated rings. The molecule has 5 nitrogen and oxygen atoms in total. The topological polar surface area (TPSA) is 66.5 Å². The van der Waals surface area contributed by atoms with Crippen molar-refractivity contribution in [2.45, 2.75) is 25.2 Å². The molecule has 7 heteroatoms. The summed E-state index contributed by atoms with van der Waals surface area (Å²) < 4.78 is 27.2. The predicted octanol–water partition coefficient (Wildman–Crippen LogP) is 3.23. The quantitative estimate of drug-likeness (QED) is 0.801. The van der Waals surface area contributed by atoms with Crippen LogP contribution in [0.2, 0.25) is 5.02 Å². The van der Waals surface area contributed by atoms with Crippen LogP contribution in [-0.4, -0.2) is 27.4 Å². The van der Waals surface area contributed by atoms with Gasteiger partial charge in [-0.05, 0) is 30.2 Å². The van der Waals surface area contributed by atoms with Crippen molar-refractivity contribution in [3.8, 4) is 0 Å². The summed E-state index contributed by atoms with van der Waals surface area (Å²) in [5.74, 6) is -0.141. The highest BCUT2D eigenvalue weighted by Gasteiger charge is 2.19. The summed E-state index contributed by atoms with van der Waals surface area (Å²) in [6.07, 6.45) is 0.783. The normalized spacial score (nSPS) is 11.3. The fourth-order valence-corrected chi connectivity index (χ4v) is 4.09. The van der Waals surface area contributed by atoms with Crippen molar-refractivity contribution in [3.05, 3.63) is 59.1 Å². The van der Waals surface area contributed by atoms with Crippen LogP contribution in [0.4, 0.5) is 5.69 Å². The van der Waals surface area contributed by atoms with Gasteiger partial charge in [-0.1, -0.05) is 48.9 Å². The lowest BCUT2D eigenvalue weighted by molar-refractivity contribution is -0.116. The fraction of sp³-hybridized carbons (Fsp3) is 0.278. The first-order valence-electron chi connectivity index (χ1n) is 7.97. The maximum atomic E-state index is 12.4. The smallest absolute Gasteiger partial charge is 0.242 e. The van der Waals surface area contributed by atoms with E-state index in [1.165, 1.54) is 19.1 Å². The van der Waals surface area contributed by atoms with Gasteiger partial charge in [-0.2, -0.15) is 0 Å². The number of carbonyl (C=O) groups is 1. The number of nitrogens with zero attached hydrogens (tertiary/aromatic N) is 1. The number of aryl methyl sites for hydroxylation is 1. The summed E-state index contributed by atoms with van der Waals surface area (Å²) in [6, 6.07) is 13.8. The average Bonchev–Trinajstić information content (AvgIpc) is 2.58. The third-order valence-corrected chi connectivity index (χ3v) is 5.76. The summed E-state index contributed by atoms with van der Waals surface area (Å²) in [7, 11) is -3.73. The molecular weight excluding hydrogens is 360 g/mol. The van der Waals surface area contributed by atoms with Gasteiger partial charge in [0.1, 0.15) is 4.90 Å². The third-order valence-electron chi connectivity index (χ3n) is 3.80. The van der Waals surface area contributed by atoms with Crippen molar-refractivity contribution in [1.82, 2.24) is 4.72 Å². The van der Waals surface area contributed by atoms with Gasteiger partial charge < -0.3 is 4.90 Å². The molecule has 0 unspecified atom stereocenters. The van der Waals surface area contributed by atoms with E-state index in [2.05, 4.69) is 4.72 Å². The van der Waals surface area contributed by atoms with Crippen LogP contribution in [0, 0.1) is 0 Å². The fourth-order valence-electron chi connectivity index (χ4n) is 2.55. The molecule has 0 atom stereocenters. The van der Waals surface area contributed by atoms with E-state index in [0.29, 0.717) is 0 Å². The molecule has 1 N–H and O–H groups in total. The molecule has 2 aromatic rings. The summed E-state index contributed by atoms with van der Waals surface area (Å²) in [6.45, 7) is 3.80. The molecule has 0 bridgehead atoms. The second kappa shape index (κ2) is 8.47. The average molecular weight is 381 g/mol. The van der Waals surface area contributed by atoms with Crippen LogP contribution in [-0.2, 0) is 21.2 Å². The molecule has 0 spiro atoms. The molecule has 1 amide bonds. The maximum Gasteiger partial charge on any atom is 0.242 e. The van der Waals surface area contributed by atoms with Crippen molar-refractivity contribution in [1.29, 1.82) is 0 Å². The first-order chi connectivity index (χ1) is 11.9. The van der Waals surface area contributed by atoms with Crippen LogP contribution in [0.15, 0.2) is 53.4 Å². The number of sulfonamides is 1. The van der Waals surface area contributed by atoms with E-state index >= 15 is 0 Å². The molecule has 0 aliphatic heterocycles. The first-order valence-corrected chi connectivity index (χ1v) is 9.83. The van der Waals surface area contributed by atoms with Gasteiger partial charge in [0.15, 0.2) is 0 Å². The molecule has 0 aliphatic carbocycles. The zero-order chi connectivity index (χ0) is 18.4. The standard InChI is InChI=1S/C18H21ClN2O3S/c1-3-15-8-4-6-10-17(15)21(14(2)22)13-12-20-25(23,24)18-11-7-5-9-16(18)19/h4-11,20H,3,12-13H2,1-2H3. The number of halogens is 1. The Balaban J connectivity index is 2.13. The van der Waals surface area contributed by atoms with E-state index in [-0.39, 0.29) is 28.9 Å². The molecule has 0 aliphatic rings. The molecule has 0 saturated carbocycles. The Morgan fingerprint density at radius 1 is 1.12 bits per heavy atom. The number of hydrogen-bond acceptors (Lipinski definition) is 3. The number of rotatable bonds is 7. The van der Waals surface area contributed by atoms with E-state index < -0.39 is 10.0 Å². The van der Waals surface area contributed by atoms with E-state index in [4.69, 9.17) is 11.6 Å². The van der Waals surface area contributed by atoms with Crippen molar-refractivity contribution in [3.63, 3.8) is 0 Å². The van der Waals surface area contributed by atoms with Gasteiger partial charge in [0, 0.05) is 25.7 Å². The van der Waals surface area contributed by atoms with Gasteiger partial charge in [-0.15, -0.1) is 0 Å². The van der Waals surface area contributed by atoms with Crippen LogP contribution < -0.4 is 9.62 Å². The van der Waals surface area contributed by atoms with Gasteiger partial charge in [0.2, 0.25) is 15.9 Å². The Kier molecular flexibility index (Phi) is 6.58. The third kappa shape index (κ3) is 4.81. The number of carbonyl (C=O) groups excluding carboxylic acids is 1. The van der Waals surface area contributed by atoms with Crippen LogP contribution in [0.5, 0.6) is 0 Å². The first kappa shape index (κ1) is 19.4. The molecule has 2 rings (SSSR count). The summed E-state index contributed by atoms with van der Waals surface area (Å²) >= 11 is 5.95. The second-order valence-corrected chi connectivity index (χ2v) is 7.62. The molecular formula is C18H21ClN2O3S. The molecule has 25 heavy (non-hydrogen) atoms. The van der Waals surface area contributed by atoms with Gasteiger partial charge in [-0.25, -0.2) is 13.1 Å². The van der Waals surface area contributed by atoms with Crippen LogP contribution in [0.25, 0.3) is 0 Å². The molecule has 2 aromatic carbocycles. The van der Waals surface area contributed by atoms with Crippen molar-refractivity contribution in [2.75, 3.05) is 18.0 Å². The molecule has 0 aromatic heterocycles. The predicted molar refractivity (Wildman–Crippen MR) is 100 cm³/mol. The Bertz CT molecular complexity index is 853. The van der Waals surface area contributed by atoms with Gasteiger partial charge >= 0.3 is 0 Å². The molecule has 0 heterocycles. The maximum absolute atomic E-state index is 12.4. The number of nitrogens with one attached hydrogen (secondary N) is 1. The molecule has 134 valence electrons. The van der Waals surface area contributed by atoms with Crippen molar-refractivity contribution in [2.24, 2.45) is 0 Å². The molecule has 0 saturated heterocycles. The zero-order valence-corrected chi connectivity index (χ0v) is 15.8. The number of para-hydroxylation sites is 1. The van der Waals surface area contributed by atoms with Gasteiger partial charge in [-0.3, -0.25) is 4.79 Å². The highest BCUT2D eigenvalue weighted by molar-refractivity contribution is 7.89. The largest absolute Gasteiger partial charge is 0.311 e. The summed E-state index contributed by atoms with van der Waals surface area (Å²) in [5.41, 5.74) is 1.83. The monoisotopic (exact) mass is 380 g/mol. The molecule has 0 radical (unpaired) electrons. The van der Waals surface area contributed by atoms with Gasteiger partial charge in [0.25, 0.3) is 0 Å². The highest BCUT2D eigenvalue weighted by atomic mass is 35.5. The Labute approximate surface area is 153 Å². The summed E-state index contributed by atoms with van der Waals surface area (Å²) in [5, 5.41) is 0.162. The lowest BCUT2D eigenvalue weighted by atomic mass is 10.1.